The average molecular weight is 526 g/mol. The third-order valence-electron chi connectivity index (χ3n) is 7.37. The van der Waals surface area contributed by atoms with E-state index in [0.29, 0.717) is 44.2 Å². The van der Waals surface area contributed by atoms with Gasteiger partial charge in [-0.1, -0.05) is 17.7 Å². The Balaban J connectivity index is 1.06. The first-order valence-corrected chi connectivity index (χ1v) is 12.5. The maximum absolute atomic E-state index is 13.8. The minimum atomic E-state index is -2.52. The molecular weight excluding hydrogens is 500 g/mol. The van der Waals surface area contributed by atoms with E-state index in [1.165, 1.54) is 0 Å². The SMILES string of the molecule is Cc1nc(N2CCC3(C2)CC3(F)F)ccc1Cn1cc(CNCc2cc(Cl)ccc2-n2cnnn2)cn1. The summed E-state index contributed by atoms with van der Waals surface area (Å²) in [4.78, 5) is 6.71. The third-order valence-corrected chi connectivity index (χ3v) is 7.61. The molecule has 6 rings (SSSR count). The lowest BCUT2D eigenvalue weighted by atomic mass is 10.1. The van der Waals surface area contributed by atoms with Gasteiger partial charge in [0.2, 0.25) is 0 Å². The number of halogens is 3. The fourth-order valence-electron chi connectivity index (χ4n) is 5.10. The van der Waals surface area contributed by atoms with Gasteiger partial charge >= 0.3 is 0 Å². The summed E-state index contributed by atoms with van der Waals surface area (Å²) in [5, 5.41) is 19.9. The van der Waals surface area contributed by atoms with E-state index >= 15 is 0 Å². The van der Waals surface area contributed by atoms with Crippen LogP contribution in [0.1, 0.15) is 35.2 Å². The van der Waals surface area contributed by atoms with Crippen LogP contribution in [-0.4, -0.2) is 54.0 Å². The molecule has 3 aromatic heterocycles. The Morgan fingerprint density at radius 2 is 2.00 bits per heavy atom. The quantitative estimate of drug-likeness (QED) is 0.374. The summed E-state index contributed by atoms with van der Waals surface area (Å²) < 4.78 is 31.0. The van der Waals surface area contributed by atoms with Gasteiger partial charge < -0.3 is 10.2 Å². The van der Waals surface area contributed by atoms with Crippen LogP contribution in [0.5, 0.6) is 0 Å². The summed E-state index contributed by atoms with van der Waals surface area (Å²) in [5.74, 6) is -1.75. The van der Waals surface area contributed by atoms with Crippen LogP contribution in [0.3, 0.4) is 0 Å². The predicted molar refractivity (Wildman–Crippen MR) is 134 cm³/mol. The molecule has 9 nitrogen and oxygen atoms in total. The van der Waals surface area contributed by atoms with Gasteiger partial charge in [0.1, 0.15) is 12.1 Å². The zero-order valence-electron chi connectivity index (χ0n) is 20.3. The van der Waals surface area contributed by atoms with Gasteiger partial charge in [0.15, 0.2) is 0 Å². The molecule has 0 radical (unpaired) electrons. The van der Waals surface area contributed by atoms with Gasteiger partial charge in [0, 0.05) is 55.1 Å². The smallest absolute Gasteiger partial charge is 0.256 e. The molecule has 1 unspecified atom stereocenters. The van der Waals surface area contributed by atoms with Crippen LogP contribution in [0.4, 0.5) is 14.6 Å². The Labute approximate surface area is 217 Å². The van der Waals surface area contributed by atoms with Crippen molar-refractivity contribution in [1.29, 1.82) is 0 Å². The van der Waals surface area contributed by atoms with E-state index in [4.69, 9.17) is 16.6 Å². The highest BCUT2D eigenvalue weighted by Gasteiger charge is 2.72. The number of alkyl halides is 2. The summed E-state index contributed by atoms with van der Waals surface area (Å²) in [5.41, 5.74) is 3.97. The molecule has 1 spiro atoms. The highest BCUT2D eigenvalue weighted by Crippen LogP contribution is 2.65. The molecule has 1 N–H and O–H groups in total. The number of pyridine rings is 1. The van der Waals surface area contributed by atoms with Crippen LogP contribution in [-0.2, 0) is 19.6 Å². The van der Waals surface area contributed by atoms with Crippen molar-refractivity contribution in [1.82, 2.24) is 40.3 Å². The van der Waals surface area contributed by atoms with Crippen molar-refractivity contribution < 1.29 is 8.78 Å². The lowest BCUT2D eigenvalue weighted by Gasteiger charge is -2.19. The van der Waals surface area contributed by atoms with E-state index in [-0.39, 0.29) is 6.42 Å². The summed E-state index contributed by atoms with van der Waals surface area (Å²) in [6.45, 7) is 4.75. The standard InChI is InChI=1S/C25H26ClF2N9/c1-17-19(2-5-23(32-17)35-7-6-24(15-35)14-25(24,27)28)13-36-12-18(10-31-36)9-29-11-20-8-21(26)3-4-22(20)37-16-30-33-34-37/h2-5,8,10,12,16,29H,6-7,9,11,13-15H2,1H3. The second-order valence-electron chi connectivity index (χ2n) is 9.92. The minimum absolute atomic E-state index is 0.00358. The fourth-order valence-corrected chi connectivity index (χ4v) is 5.30. The number of hydrogen-bond donors (Lipinski definition) is 1. The largest absolute Gasteiger partial charge is 0.356 e. The van der Waals surface area contributed by atoms with Crippen LogP contribution in [0, 0.1) is 12.3 Å². The van der Waals surface area contributed by atoms with Gasteiger partial charge in [0.25, 0.3) is 5.92 Å². The van der Waals surface area contributed by atoms with E-state index in [2.05, 4.69) is 25.9 Å². The summed E-state index contributed by atoms with van der Waals surface area (Å²) in [6, 6.07) is 9.54. The van der Waals surface area contributed by atoms with E-state index in [1.807, 2.05) is 59.2 Å². The Morgan fingerprint density at radius 3 is 2.73 bits per heavy atom. The number of hydrogen-bond acceptors (Lipinski definition) is 7. The molecule has 4 aromatic rings. The van der Waals surface area contributed by atoms with Crippen LogP contribution in [0.15, 0.2) is 49.1 Å². The molecule has 1 aliphatic carbocycles. The molecular formula is C25H26ClF2N9. The predicted octanol–water partition coefficient (Wildman–Crippen LogP) is 3.79. The summed E-state index contributed by atoms with van der Waals surface area (Å²) in [7, 11) is 0. The van der Waals surface area contributed by atoms with Crippen LogP contribution < -0.4 is 10.2 Å². The van der Waals surface area contributed by atoms with Crippen molar-refractivity contribution in [3.63, 3.8) is 0 Å². The zero-order valence-corrected chi connectivity index (χ0v) is 21.0. The van der Waals surface area contributed by atoms with Gasteiger partial charge in [0.05, 0.1) is 23.8 Å². The Hall–Kier alpha value is -3.44. The van der Waals surface area contributed by atoms with Crippen molar-refractivity contribution in [2.45, 2.75) is 45.3 Å². The number of aryl methyl sites for hydroxylation is 1. The van der Waals surface area contributed by atoms with E-state index in [1.54, 1.807) is 11.0 Å². The number of anilines is 1. The first kappa shape index (κ1) is 23.9. The lowest BCUT2D eigenvalue weighted by Crippen LogP contribution is -2.23. The van der Waals surface area contributed by atoms with E-state index < -0.39 is 11.3 Å². The highest BCUT2D eigenvalue weighted by atomic mass is 35.5. The topological polar surface area (TPSA) is 89.6 Å². The zero-order chi connectivity index (χ0) is 25.6. The first-order chi connectivity index (χ1) is 17.8. The molecule has 1 atom stereocenters. The lowest BCUT2D eigenvalue weighted by molar-refractivity contribution is 0.0711. The molecule has 192 valence electrons. The molecule has 0 bridgehead atoms. The van der Waals surface area contributed by atoms with Gasteiger partial charge in [-0.2, -0.15) is 5.10 Å². The maximum atomic E-state index is 13.8. The normalized spacial score (nSPS) is 20.2. The van der Waals surface area contributed by atoms with Gasteiger partial charge in [-0.15, -0.1) is 5.10 Å². The molecule has 1 saturated heterocycles. The minimum Gasteiger partial charge on any atom is -0.356 e. The van der Waals surface area contributed by atoms with Gasteiger partial charge in [-0.05, 0) is 59.2 Å². The summed E-state index contributed by atoms with van der Waals surface area (Å²) in [6.07, 6.45) is 5.92. The number of nitrogens with zero attached hydrogens (tertiary/aromatic N) is 8. The number of tetrazole rings is 1. The molecule has 12 heteroatoms. The maximum Gasteiger partial charge on any atom is 0.256 e. The molecule has 2 fully saturated rings. The van der Waals surface area contributed by atoms with Gasteiger partial charge in [-0.3, -0.25) is 4.68 Å². The number of nitrogens with one attached hydrogen (secondary N) is 1. The second-order valence-corrected chi connectivity index (χ2v) is 10.4. The number of benzene rings is 1. The van der Waals surface area contributed by atoms with Crippen molar-refractivity contribution in [3.8, 4) is 5.69 Å². The molecule has 1 aromatic carbocycles. The van der Waals surface area contributed by atoms with Crippen LogP contribution in [0.25, 0.3) is 5.69 Å². The molecule has 37 heavy (non-hydrogen) atoms. The number of rotatable bonds is 8. The average Bonchev–Trinajstić information content (AvgIpc) is 3.44. The highest BCUT2D eigenvalue weighted by molar-refractivity contribution is 6.30. The van der Waals surface area contributed by atoms with Crippen molar-refractivity contribution in [2.75, 3.05) is 18.0 Å². The molecule has 2 aliphatic rings. The van der Waals surface area contributed by atoms with Crippen molar-refractivity contribution >= 4 is 17.4 Å². The Bertz CT molecular complexity index is 1420. The van der Waals surface area contributed by atoms with Crippen LogP contribution in [0.2, 0.25) is 5.02 Å². The van der Waals surface area contributed by atoms with E-state index in [0.717, 1.165) is 33.9 Å². The molecule has 1 saturated carbocycles. The fraction of sp³-hybridized carbons (Fsp3) is 0.400. The summed E-state index contributed by atoms with van der Waals surface area (Å²) >= 11 is 6.20. The first-order valence-electron chi connectivity index (χ1n) is 12.2. The second kappa shape index (κ2) is 9.14. The van der Waals surface area contributed by atoms with Crippen molar-refractivity contribution in [2.24, 2.45) is 5.41 Å². The van der Waals surface area contributed by atoms with E-state index in [9.17, 15) is 8.78 Å². The third kappa shape index (κ3) is 4.69. The van der Waals surface area contributed by atoms with Gasteiger partial charge in [-0.25, -0.2) is 18.4 Å². The van der Waals surface area contributed by atoms with Crippen molar-refractivity contribution in [3.05, 3.63) is 76.5 Å². The Morgan fingerprint density at radius 1 is 1.14 bits per heavy atom. The van der Waals surface area contributed by atoms with Crippen LogP contribution >= 0.6 is 11.6 Å². The Kier molecular flexibility index (Phi) is 5.91. The number of aromatic nitrogens is 7. The molecule has 1 aliphatic heterocycles. The molecule has 4 heterocycles. The monoisotopic (exact) mass is 525 g/mol. The molecule has 0 amide bonds.